The van der Waals surface area contributed by atoms with Gasteiger partial charge in [-0.2, -0.15) is 0 Å². The van der Waals surface area contributed by atoms with Gasteiger partial charge in [-0.25, -0.2) is 0 Å². The maximum Gasteiger partial charge on any atom is 0.159 e. The van der Waals surface area contributed by atoms with Gasteiger partial charge in [0.1, 0.15) is 0 Å². The monoisotopic (exact) mass is 378 g/mol. The molecular formula is C21H19BrSi. The first-order chi connectivity index (χ1) is 11.2. The topological polar surface area (TPSA) is 0 Å². The van der Waals surface area contributed by atoms with Crippen molar-refractivity contribution in [3.8, 4) is 0 Å². The van der Waals surface area contributed by atoms with E-state index in [0.717, 1.165) is 0 Å². The number of rotatable bonds is 4. The molecule has 114 valence electrons. The first-order valence-corrected chi connectivity index (χ1v) is 11.0. The highest BCUT2D eigenvalue weighted by molar-refractivity contribution is 9.23. The molecule has 0 N–H and O–H groups in total. The summed E-state index contributed by atoms with van der Waals surface area (Å²) in [6.45, 7) is 4.43. The zero-order valence-corrected chi connectivity index (χ0v) is 16.0. The summed E-state index contributed by atoms with van der Waals surface area (Å²) < 4.78 is 0. The van der Waals surface area contributed by atoms with Gasteiger partial charge in [-0.15, -0.1) is 15.3 Å². The summed E-state index contributed by atoms with van der Waals surface area (Å²) in [5, 5.41) is -0.154. The average Bonchev–Trinajstić information content (AvgIpc) is 2.61. The van der Waals surface area contributed by atoms with Crippen LogP contribution in [-0.4, -0.2) is 8.14 Å². The highest BCUT2D eigenvalue weighted by Crippen LogP contribution is 2.41. The van der Waals surface area contributed by atoms with Gasteiger partial charge in [-0.3, -0.25) is 0 Å². The van der Waals surface area contributed by atoms with Crippen LogP contribution in [-0.2, 0) is 5.04 Å². The fourth-order valence-electron chi connectivity index (χ4n) is 3.17. The number of hydrogen-bond donors (Lipinski definition) is 0. The summed E-state index contributed by atoms with van der Waals surface area (Å²) in [5.41, 5.74) is 6.74. The van der Waals surface area contributed by atoms with E-state index in [9.17, 15) is 0 Å². The molecule has 0 amide bonds. The molecule has 0 aliphatic carbocycles. The second-order valence-corrected chi connectivity index (χ2v) is 7.95. The Hall–Kier alpha value is -1.64. The summed E-state index contributed by atoms with van der Waals surface area (Å²) in [5.74, 6) is 0. The third kappa shape index (κ3) is 2.82. The predicted octanol–water partition coefficient (Wildman–Crippen LogP) is 5.61. The molecule has 0 bridgehead atoms. The van der Waals surface area contributed by atoms with Crippen molar-refractivity contribution in [3.05, 3.63) is 107 Å². The summed E-state index contributed by atoms with van der Waals surface area (Å²) in [6.07, 6.45) is 0. The lowest BCUT2D eigenvalue weighted by molar-refractivity contribution is 0.861. The van der Waals surface area contributed by atoms with Crippen LogP contribution in [0.25, 0.3) is 0 Å². The summed E-state index contributed by atoms with van der Waals surface area (Å²) in [7, 11) is 0.557. The molecule has 0 spiro atoms. The van der Waals surface area contributed by atoms with E-state index < -0.39 is 0 Å². The highest BCUT2D eigenvalue weighted by Gasteiger charge is 2.37. The van der Waals surface area contributed by atoms with Crippen molar-refractivity contribution in [1.82, 2.24) is 0 Å². The van der Waals surface area contributed by atoms with E-state index in [-0.39, 0.29) is 5.04 Å². The number of aryl methyl sites for hydroxylation is 1. The molecule has 0 saturated carbocycles. The Morgan fingerprint density at radius 2 is 1.22 bits per heavy atom. The van der Waals surface area contributed by atoms with E-state index in [1.54, 1.807) is 0 Å². The normalized spacial score (nSPS) is 11.4. The standard InChI is InChI=1S/C21H19BrSi/c1-16-10-9-15-20(17(16)2)21(23-22,18-11-5-3-6-12-18)19-13-7-4-8-14-19/h3-15H,1-2H3. The molecular weight excluding hydrogens is 360 g/mol. The van der Waals surface area contributed by atoms with Gasteiger partial charge in [0.2, 0.25) is 0 Å². The molecule has 0 atom stereocenters. The summed E-state index contributed by atoms with van der Waals surface area (Å²) in [6, 6.07) is 28.3. The van der Waals surface area contributed by atoms with Crippen molar-refractivity contribution in [2.75, 3.05) is 0 Å². The molecule has 0 fully saturated rings. The quantitative estimate of drug-likeness (QED) is 0.314. The largest absolute Gasteiger partial charge is 0.159 e. The maximum atomic E-state index is 3.87. The molecule has 3 rings (SSSR count). The van der Waals surface area contributed by atoms with Crippen LogP contribution in [0.15, 0.2) is 78.9 Å². The Morgan fingerprint density at radius 3 is 1.70 bits per heavy atom. The predicted molar refractivity (Wildman–Crippen MR) is 103 cm³/mol. The Labute approximate surface area is 149 Å². The van der Waals surface area contributed by atoms with Crippen molar-refractivity contribution in [1.29, 1.82) is 0 Å². The van der Waals surface area contributed by atoms with Crippen molar-refractivity contribution in [2.45, 2.75) is 18.9 Å². The molecule has 23 heavy (non-hydrogen) atoms. The van der Waals surface area contributed by atoms with Gasteiger partial charge >= 0.3 is 0 Å². The lowest BCUT2D eigenvalue weighted by Crippen LogP contribution is -2.34. The van der Waals surface area contributed by atoms with Gasteiger partial charge in [-0.1, -0.05) is 78.9 Å². The van der Waals surface area contributed by atoms with E-state index in [1.165, 1.54) is 27.8 Å². The van der Waals surface area contributed by atoms with E-state index in [1.807, 2.05) is 0 Å². The van der Waals surface area contributed by atoms with Gasteiger partial charge in [0.05, 0.1) is 0 Å². The molecule has 0 aliphatic rings. The summed E-state index contributed by atoms with van der Waals surface area (Å²) in [4.78, 5) is 0. The maximum absolute atomic E-state index is 3.87. The molecule has 0 heterocycles. The third-order valence-electron chi connectivity index (χ3n) is 4.56. The van der Waals surface area contributed by atoms with Crippen LogP contribution in [0.2, 0.25) is 0 Å². The average molecular weight is 379 g/mol. The first kappa shape index (κ1) is 16.2. The van der Waals surface area contributed by atoms with E-state index in [4.69, 9.17) is 0 Å². The van der Waals surface area contributed by atoms with Gasteiger partial charge in [0.15, 0.2) is 8.14 Å². The van der Waals surface area contributed by atoms with Crippen LogP contribution >= 0.6 is 15.3 Å². The second-order valence-electron chi connectivity index (χ2n) is 5.82. The number of halogens is 1. The lowest BCUT2D eigenvalue weighted by Gasteiger charge is -2.35. The van der Waals surface area contributed by atoms with E-state index >= 15 is 0 Å². The van der Waals surface area contributed by atoms with Crippen LogP contribution in [0, 0.1) is 13.8 Å². The fraction of sp³-hybridized carbons (Fsp3) is 0.143. The second kappa shape index (κ2) is 6.86. The van der Waals surface area contributed by atoms with Gasteiger partial charge in [0.25, 0.3) is 0 Å². The Bertz CT molecular complexity index is 742. The minimum absolute atomic E-state index is 0.154. The van der Waals surface area contributed by atoms with Crippen LogP contribution in [0.3, 0.4) is 0 Å². The molecule has 3 aromatic carbocycles. The van der Waals surface area contributed by atoms with Crippen LogP contribution in [0.1, 0.15) is 27.8 Å². The molecule has 2 radical (unpaired) electrons. The van der Waals surface area contributed by atoms with Crippen molar-refractivity contribution in [2.24, 2.45) is 0 Å². The smallest absolute Gasteiger partial charge is 0.130 e. The number of benzene rings is 3. The van der Waals surface area contributed by atoms with Gasteiger partial charge in [-0.05, 0) is 41.7 Å². The molecule has 0 saturated heterocycles. The zero-order chi connectivity index (χ0) is 16.3. The molecule has 0 aliphatic heterocycles. The highest BCUT2D eigenvalue weighted by atomic mass is 79.9. The SMILES string of the molecule is Cc1cccc(C([Si]Br)(c2ccccc2)c2ccccc2)c1C. The van der Waals surface area contributed by atoms with Gasteiger partial charge in [0, 0.05) is 5.04 Å². The van der Waals surface area contributed by atoms with Crippen molar-refractivity contribution < 1.29 is 0 Å². The van der Waals surface area contributed by atoms with Crippen molar-refractivity contribution in [3.63, 3.8) is 0 Å². The molecule has 0 aromatic heterocycles. The van der Waals surface area contributed by atoms with Crippen LogP contribution < -0.4 is 0 Å². The molecule has 2 heteroatoms. The Kier molecular flexibility index (Phi) is 4.84. The van der Waals surface area contributed by atoms with Gasteiger partial charge < -0.3 is 0 Å². The minimum atomic E-state index is -0.154. The molecule has 0 nitrogen and oxygen atoms in total. The molecule has 0 unspecified atom stereocenters. The van der Waals surface area contributed by atoms with Crippen LogP contribution in [0.5, 0.6) is 0 Å². The Balaban J connectivity index is 2.36. The minimum Gasteiger partial charge on any atom is -0.130 e. The third-order valence-corrected chi connectivity index (χ3v) is 7.48. The molecule has 3 aromatic rings. The van der Waals surface area contributed by atoms with E-state index in [0.29, 0.717) is 8.14 Å². The lowest BCUT2D eigenvalue weighted by atomic mass is 9.81. The Morgan fingerprint density at radius 1 is 0.696 bits per heavy atom. The first-order valence-electron chi connectivity index (χ1n) is 7.75. The fourth-order valence-corrected chi connectivity index (χ4v) is 6.11. The number of hydrogen-bond acceptors (Lipinski definition) is 0. The van der Waals surface area contributed by atoms with Crippen molar-refractivity contribution >= 4 is 23.4 Å². The van der Waals surface area contributed by atoms with Crippen LogP contribution in [0.4, 0.5) is 0 Å². The zero-order valence-electron chi connectivity index (χ0n) is 13.4. The van der Waals surface area contributed by atoms with E-state index in [2.05, 4.69) is 108 Å². The summed E-state index contributed by atoms with van der Waals surface area (Å²) >= 11 is 3.87.